The summed E-state index contributed by atoms with van der Waals surface area (Å²) in [4.78, 5) is 21.1. The first kappa shape index (κ1) is 24.3. The third kappa shape index (κ3) is 6.50. The molecule has 0 aromatic heterocycles. The van der Waals surface area contributed by atoms with E-state index in [0.717, 1.165) is 55.0 Å². The number of amides is 1. The van der Waals surface area contributed by atoms with E-state index in [1.807, 2.05) is 42.5 Å². The first-order valence-corrected chi connectivity index (χ1v) is 10.3. The van der Waals surface area contributed by atoms with Crippen LogP contribution in [0.4, 0.5) is 5.69 Å². The molecule has 0 saturated carbocycles. The van der Waals surface area contributed by atoms with E-state index in [4.69, 9.17) is 16.6 Å². The molecule has 30 heavy (non-hydrogen) atoms. The number of carbonyl (C=O) groups excluding carboxylic acids is 1. The van der Waals surface area contributed by atoms with E-state index >= 15 is 0 Å². The number of carbonyl (C=O) groups is 1. The molecular formula is C22H29ClIN5O. The van der Waals surface area contributed by atoms with Crippen LogP contribution in [0.5, 0.6) is 0 Å². The van der Waals surface area contributed by atoms with Crippen LogP contribution in [-0.2, 0) is 6.54 Å². The average molecular weight is 542 g/mol. The van der Waals surface area contributed by atoms with Gasteiger partial charge in [0.25, 0.3) is 5.91 Å². The van der Waals surface area contributed by atoms with Gasteiger partial charge in [-0.2, -0.15) is 0 Å². The van der Waals surface area contributed by atoms with Gasteiger partial charge in [0.15, 0.2) is 5.96 Å². The highest BCUT2D eigenvalue weighted by atomic mass is 127. The lowest BCUT2D eigenvalue weighted by molar-refractivity contribution is 0.0963. The summed E-state index contributed by atoms with van der Waals surface area (Å²) in [5, 5.41) is 6.80. The SMILES string of the molecule is CCNC(=NCc1ccc(C(=O)NC)cc1)N1CCN(c2cccc(Cl)c2)CC1.I. The number of anilines is 1. The summed E-state index contributed by atoms with van der Waals surface area (Å²) >= 11 is 6.13. The molecule has 0 aliphatic carbocycles. The van der Waals surface area contributed by atoms with Crippen LogP contribution >= 0.6 is 35.6 Å². The fourth-order valence-corrected chi connectivity index (χ4v) is 3.53. The zero-order valence-electron chi connectivity index (χ0n) is 17.4. The molecule has 2 aromatic carbocycles. The lowest BCUT2D eigenvalue weighted by Gasteiger charge is -2.37. The van der Waals surface area contributed by atoms with Crippen molar-refractivity contribution in [3.63, 3.8) is 0 Å². The van der Waals surface area contributed by atoms with Crippen LogP contribution < -0.4 is 15.5 Å². The van der Waals surface area contributed by atoms with Crippen molar-refractivity contribution in [3.05, 3.63) is 64.7 Å². The second-order valence-corrected chi connectivity index (χ2v) is 7.34. The summed E-state index contributed by atoms with van der Waals surface area (Å²) in [7, 11) is 1.63. The monoisotopic (exact) mass is 541 g/mol. The first-order chi connectivity index (χ1) is 14.1. The van der Waals surface area contributed by atoms with E-state index in [9.17, 15) is 4.79 Å². The van der Waals surface area contributed by atoms with Crippen LogP contribution in [0.3, 0.4) is 0 Å². The molecule has 0 bridgehead atoms. The predicted molar refractivity (Wildman–Crippen MR) is 135 cm³/mol. The van der Waals surface area contributed by atoms with Gasteiger partial charge in [-0.05, 0) is 42.8 Å². The maximum atomic E-state index is 11.7. The van der Waals surface area contributed by atoms with E-state index in [-0.39, 0.29) is 29.9 Å². The Bertz CT molecular complexity index is 851. The van der Waals surface area contributed by atoms with Gasteiger partial charge in [-0.1, -0.05) is 29.8 Å². The molecule has 8 heteroatoms. The zero-order valence-corrected chi connectivity index (χ0v) is 20.5. The second-order valence-electron chi connectivity index (χ2n) is 6.90. The molecule has 1 amide bonds. The van der Waals surface area contributed by atoms with Crippen LogP contribution in [0.25, 0.3) is 0 Å². The Hall–Kier alpha value is -2.00. The first-order valence-electron chi connectivity index (χ1n) is 9.95. The summed E-state index contributed by atoms with van der Waals surface area (Å²) < 4.78 is 0. The van der Waals surface area contributed by atoms with E-state index in [1.165, 1.54) is 0 Å². The molecule has 2 N–H and O–H groups in total. The van der Waals surface area contributed by atoms with Gasteiger partial charge in [-0.3, -0.25) is 4.79 Å². The van der Waals surface area contributed by atoms with Gasteiger partial charge in [0.1, 0.15) is 0 Å². The Balaban J connectivity index is 0.00000320. The van der Waals surface area contributed by atoms with Gasteiger partial charge in [-0.25, -0.2) is 4.99 Å². The normalized spacial score (nSPS) is 14.2. The van der Waals surface area contributed by atoms with Gasteiger partial charge in [-0.15, -0.1) is 24.0 Å². The van der Waals surface area contributed by atoms with E-state index in [2.05, 4.69) is 33.4 Å². The molecule has 0 spiro atoms. The highest BCUT2D eigenvalue weighted by molar-refractivity contribution is 14.0. The van der Waals surface area contributed by atoms with Crippen molar-refractivity contribution < 1.29 is 4.79 Å². The molecule has 162 valence electrons. The van der Waals surface area contributed by atoms with Crippen LogP contribution in [0.2, 0.25) is 5.02 Å². The molecule has 0 radical (unpaired) electrons. The van der Waals surface area contributed by atoms with E-state index in [1.54, 1.807) is 7.05 Å². The minimum absolute atomic E-state index is 0. The van der Waals surface area contributed by atoms with Gasteiger partial charge in [0.05, 0.1) is 6.54 Å². The topological polar surface area (TPSA) is 60.0 Å². The van der Waals surface area contributed by atoms with Crippen molar-refractivity contribution in [2.75, 3.05) is 44.7 Å². The third-order valence-electron chi connectivity index (χ3n) is 4.94. The summed E-state index contributed by atoms with van der Waals surface area (Å²) in [5.41, 5.74) is 2.89. The molecule has 0 atom stereocenters. The Morgan fingerprint density at radius 1 is 1.10 bits per heavy atom. The molecule has 1 aliphatic heterocycles. The third-order valence-corrected chi connectivity index (χ3v) is 5.18. The lowest BCUT2D eigenvalue weighted by atomic mass is 10.1. The van der Waals surface area contributed by atoms with E-state index < -0.39 is 0 Å². The van der Waals surface area contributed by atoms with Crippen LogP contribution in [0.15, 0.2) is 53.5 Å². The maximum absolute atomic E-state index is 11.7. The largest absolute Gasteiger partial charge is 0.368 e. The molecule has 6 nitrogen and oxygen atoms in total. The quantitative estimate of drug-likeness (QED) is 0.345. The van der Waals surface area contributed by atoms with Crippen molar-refractivity contribution in [1.29, 1.82) is 0 Å². The molecular weight excluding hydrogens is 513 g/mol. The Kier molecular flexibility index (Phi) is 9.71. The number of hydrogen-bond acceptors (Lipinski definition) is 3. The Morgan fingerprint density at radius 2 is 1.80 bits per heavy atom. The molecule has 1 aliphatic rings. The minimum Gasteiger partial charge on any atom is -0.368 e. The summed E-state index contributed by atoms with van der Waals surface area (Å²) in [5.74, 6) is 0.847. The number of halogens is 2. The van der Waals surface area contributed by atoms with Crippen LogP contribution in [0, 0.1) is 0 Å². The maximum Gasteiger partial charge on any atom is 0.251 e. The molecule has 0 unspecified atom stereocenters. The van der Waals surface area contributed by atoms with Gasteiger partial charge >= 0.3 is 0 Å². The van der Waals surface area contributed by atoms with Gasteiger partial charge < -0.3 is 20.4 Å². The molecule has 2 aromatic rings. The Labute approximate surface area is 200 Å². The zero-order chi connectivity index (χ0) is 20.6. The summed E-state index contributed by atoms with van der Waals surface area (Å²) in [6, 6.07) is 15.6. The van der Waals surface area contributed by atoms with Crippen molar-refractivity contribution >= 4 is 53.1 Å². The number of nitrogens with one attached hydrogen (secondary N) is 2. The van der Waals surface area contributed by atoms with Gasteiger partial charge in [0.2, 0.25) is 0 Å². The summed E-state index contributed by atoms with van der Waals surface area (Å²) in [6.45, 7) is 7.11. The smallest absolute Gasteiger partial charge is 0.251 e. The Morgan fingerprint density at radius 3 is 2.40 bits per heavy atom. The van der Waals surface area contributed by atoms with Crippen molar-refractivity contribution in [1.82, 2.24) is 15.5 Å². The number of nitrogens with zero attached hydrogens (tertiary/aromatic N) is 3. The van der Waals surface area contributed by atoms with E-state index in [0.29, 0.717) is 12.1 Å². The number of guanidine groups is 1. The molecule has 1 saturated heterocycles. The average Bonchev–Trinajstić information content (AvgIpc) is 2.76. The van der Waals surface area contributed by atoms with Crippen molar-refractivity contribution in [2.24, 2.45) is 4.99 Å². The number of rotatable bonds is 5. The fourth-order valence-electron chi connectivity index (χ4n) is 3.35. The van der Waals surface area contributed by atoms with Crippen molar-refractivity contribution in [3.8, 4) is 0 Å². The molecule has 3 rings (SSSR count). The summed E-state index contributed by atoms with van der Waals surface area (Å²) in [6.07, 6.45) is 0. The number of aliphatic imine (C=N–C) groups is 1. The van der Waals surface area contributed by atoms with Crippen LogP contribution in [0.1, 0.15) is 22.8 Å². The number of piperazine rings is 1. The minimum atomic E-state index is -0.0778. The van der Waals surface area contributed by atoms with Gasteiger partial charge in [0, 0.05) is 56.0 Å². The number of hydrogen-bond donors (Lipinski definition) is 2. The fraction of sp³-hybridized carbons (Fsp3) is 0.364. The van der Waals surface area contributed by atoms with Crippen molar-refractivity contribution in [2.45, 2.75) is 13.5 Å². The van der Waals surface area contributed by atoms with Crippen LogP contribution in [-0.4, -0.2) is 56.5 Å². The predicted octanol–water partition coefficient (Wildman–Crippen LogP) is 3.61. The number of benzene rings is 2. The highest BCUT2D eigenvalue weighted by Crippen LogP contribution is 2.20. The standard InChI is InChI=1S/C22H28ClN5O.HI/c1-3-25-22(26-16-17-7-9-18(10-8-17)21(29)24-2)28-13-11-27(12-14-28)20-6-4-5-19(23)15-20;/h4-10,15H,3,11-14,16H2,1-2H3,(H,24,29)(H,25,26);1H. The molecule has 1 fully saturated rings. The molecule has 1 heterocycles. The highest BCUT2D eigenvalue weighted by Gasteiger charge is 2.20. The lowest BCUT2D eigenvalue weighted by Crippen LogP contribution is -2.52. The second kappa shape index (κ2) is 12.0.